The van der Waals surface area contributed by atoms with Gasteiger partial charge < -0.3 is 15.1 Å². The topological polar surface area (TPSA) is 72.3 Å². The third kappa shape index (κ3) is 3.63. The summed E-state index contributed by atoms with van der Waals surface area (Å²) in [6.07, 6.45) is 3.37. The van der Waals surface area contributed by atoms with Crippen LogP contribution in [-0.2, 0) is 4.79 Å². The van der Waals surface area contributed by atoms with Crippen LogP contribution >= 0.6 is 11.8 Å². The zero-order valence-corrected chi connectivity index (χ0v) is 16.5. The van der Waals surface area contributed by atoms with E-state index in [0.29, 0.717) is 6.61 Å². The van der Waals surface area contributed by atoms with Crippen molar-refractivity contribution in [2.24, 2.45) is 0 Å². The van der Waals surface area contributed by atoms with Gasteiger partial charge in [0.15, 0.2) is 0 Å². The standard InChI is InChI=1S/C19H25N5O2S/c1-3-26-15-9-7-14(8-10-15)16-17(18(25)23-11-5-4-6-12-23)27-19-21-20-13(2)24(19)22-16/h7-10,16-17,22H,3-6,11-12H2,1-2H3. The Morgan fingerprint density at radius 3 is 2.67 bits per heavy atom. The van der Waals surface area contributed by atoms with Gasteiger partial charge in [-0.2, -0.15) is 0 Å². The number of nitrogens with one attached hydrogen (secondary N) is 1. The van der Waals surface area contributed by atoms with Gasteiger partial charge >= 0.3 is 0 Å². The van der Waals surface area contributed by atoms with Crippen molar-refractivity contribution in [2.45, 2.75) is 49.6 Å². The van der Waals surface area contributed by atoms with Crippen LogP contribution in [0.1, 0.15) is 43.6 Å². The minimum Gasteiger partial charge on any atom is -0.494 e. The number of fused-ring (bicyclic) bond motifs is 1. The molecule has 4 rings (SSSR count). The molecule has 0 spiro atoms. The van der Waals surface area contributed by atoms with Crippen LogP contribution in [0.4, 0.5) is 0 Å². The summed E-state index contributed by atoms with van der Waals surface area (Å²) < 4.78 is 7.44. The first-order valence-corrected chi connectivity index (χ1v) is 10.4. The average molecular weight is 388 g/mol. The van der Waals surface area contributed by atoms with Crippen molar-refractivity contribution in [2.75, 3.05) is 25.1 Å². The molecule has 1 fully saturated rings. The van der Waals surface area contributed by atoms with E-state index in [1.54, 1.807) is 0 Å². The van der Waals surface area contributed by atoms with Crippen molar-refractivity contribution >= 4 is 17.7 Å². The number of aromatic nitrogens is 3. The average Bonchev–Trinajstić information content (AvgIpc) is 3.08. The molecule has 3 heterocycles. The molecule has 1 amide bonds. The molecule has 2 aliphatic rings. The van der Waals surface area contributed by atoms with Crippen molar-refractivity contribution in [1.29, 1.82) is 0 Å². The van der Waals surface area contributed by atoms with E-state index in [9.17, 15) is 4.79 Å². The molecule has 2 atom stereocenters. The Morgan fingerprint density at radius 2 is 1.96 bits per heavy atom. The SMILES string of the molecule is CCOc1ccc(C2Nn3c(C)nnc3SC2C(=O)N2CCCCC2)cc1. The number of carbonyl (C=O) groups is 1. The second kappa shape index (κ2) is 7.80. The summed E-state index contributed by atoms with van der Waals surface area (Å²) in [6, 6.07) is 7.83. The van der Waals surface area contributed by atoms with E-state index in [1.165, 1.54) is 18.2 Å². The Bertz CT molecular complexity index is 801. The molecule has 27 heavy (non-hydrogen) atoms. The maximum atomic E-state index is 13.3. The lowest BCUT2D eigenvalue weighted by atomic mass is 10.0. The van der Waals surface area contributed by atoms with E-state index in [0.717, 1.165) is 48.2 Å². The van der Waals surface area contributed by atoms with Gasteiger partial charge in [0.25, 0.3) is 0 Å². The van der Waals surface area contributed by atoms with Crippen molar-refractivity contribution < 1.29 is 9.53 Å². The van der Waals surface area contributed by atoms with Gasteiger partial charge in [-0.15, -0.1) is 10.2 Å². The first-order chi connectivity index (χ1) is 13.2. The number of likely N-dealkylation sites (tertiary alicyclic amines) is 1. The third-order valence-corrected chi connectivity index (χ3v) is 6.26. The number of aryl methyl sites for hydroxylation is 1. The van der Waals surface area contributed by atoms with Gasteiger partial charge in [0.05, 0.1) is 12.6 Å². The van der Waals surface area contributed by atoms with E-state index < -0.39 is 0 Å². The van der Waals surface area contributed by atoms with Crippen molar-refractivity contribution in [1.82, 2.24) is 19.8 Å². The number of hydrogen-bond donors (Lipinski definition) is 1. The predicted molar refractivity (Wildman–Crippen MR) is 105 cm³/mol. The molecule has 144 valence electrons. The van der Waals surface area contributed by atoms with Crippen LogP contribution in [0.25, 0.3) is 0 Å². The molecule has 8 heteroatoms. The van der Waals surface area contributed by atoms with Crippen LogP contribution in [0, 0.1) is 6.92 Å². The minimum atomic E-state index is -0.267. The molecule has 2 aliphatic heterocycles. The molecule has 1 aromatic heterocycles. The number of rotatable bonds is 4. The number of benzene rings is 1. The van der Waals surface area contributed by atoms with E-state index in [4.69, 9.17) is 4.74 Å². The summed E-state index contributed by atoms with van der Waals surface area (Å²) in [5.74, 6) is 1.81. The fourth-order valence-electron chi connectivity index (χ4n) is 3.63. The first-order valence-electron chi connectivity index (χ1n) is 9.54. The normalized spacial score (nSPS) is 22.1. The molecule has 0 aliphatic carbocycles. The highest BCUT2D eigenvalue weighted by Crippen LogP contribution is 2.38. The molecule has 0 bridgehead atoms. The maximum absolute atomic E-state index is 13.3. The molecule has 0 radical (unpaired) electrons. The number of amides is 1. The molecule has 1 saturated heterocycles. The fraction of sp³-hybridized carbons (Fsp3) is 0.526. The van der Waals surface area contributed by atoms with Gasteiger partial charge in [0.1, 0.15) is 16.8 Å². The number of piperidine rings is 1. The van der Waals surface area contributed by atoms with Crippen LogP contribution in [0.2, 0.25) is 0 Å². The van der Waals surface area contributed by atoms with Crippen molar-refractivity contribution in [3.63, 3.8) is 0 Å². The van der Waals surface area contributed by atoms with Crippen LogP contribution in [0.15, 0.2) is 29.4 Å². The Balaban J connectivity index is 1.64. The Kier molecular flexibility index (Phi) is 5.24. The molecule has 0 saturated carbocycles. The summed E-state index contributed by atoms with van der Waals surface area (Å²) in [5.41, 5.74) is 4.52. The monoisotopic (exact) mass is 387 g/mol. The number of thioether (sulfide) groups is 1. The maximum Gasteiger partial charge on any atom is 0.238 e. The third-order valence-electron chi connectivity index (χ3n) is 5.06. The Morgan fingerprint density at radius 1 is 1.22 bits per heavy atom. The molecule has 1 N–H and O–H groups in total. The smallest absolute Gasteiger partial charge is 0.238 e. The zero-order valence-electron chi connectivity index (χ0n) is 15.7. The van der Waals surface area contributed by atoms with Gasteiger partial charge in [-0.1, -0.05) is 23.9 Å². The predicted octanol–water partition coefficient (Wildman–Crippen LogP) is 2.76. The lowest BCUT2D eigenvalue weighted by molar-refractivity contribution is -0.131. The number of hydrogen-bond acceptors (Lipinski definition) is 6. The highest BCUT2D eigenvalue weighted by molar-refractivity contribution is 8.00. The summed E-state index contributed by atoms with van der Waals surface area (Å²) in [4.78, 5) is 15.3. The van der Waals surface area contributed by atoms with Crippen molar-refractivity contribution in [3.8, 4) is 5.75 Å². The van der Waals surface area contributed by atoms with Crippen LogP contribution in [0.3, 0.4) is 0 Å². The van der Waals surface area contributed by atoms with Gasteiger partial charge in [-0.3, -0.25) is 4.79 Å². The van der Waals surface area contributed by atoms with E-state index >= 15 is 0 Å². The zero-order chi connectivity index (χ0) is 18.8. The fourth-order valence-corrected chi connectivity index (χ4v) is 4.84. The highest BCUT2D eigenvalue weighted by Gasteiger charge is 2.39. The van der Waals surface area contributed by atoms with Crippen molar-refractivity contribution in [3.05, 3.63) is 35.7 Å². The number of ether oxygens (including phenoxy) is 1. The van der Waals surface area contributed by atoms with E-state index in [-0.39, 0.29) is 17.2 Å². The van der Waals surface area contributed by atoms with Gasteiger partial charge in [-0.05, 0) is 50.8 Å². The molecular weight excluding hydrogens is 362 g/mol. The van der Waals surface area contributed by atoms with Crippen LogP contribution in [0.5, 0.6) is 5.75 Å². The molecule has 1 aromatic carbocycles. The van der Waals surface area contributed by atoms with Gasteiger partial charge in [0, 0.05) is 13.1 Å². The van der Waals surface area contributed by atoms with Crippen LogP contribution < -0.4 is 10.2 Å². The second-order valence-corrected chi connectivity index (χ2v) is 8.01. The molecule has 7 nitrogen and oxygen atoms in total. The molecule has 2 aromatic rings. The van der Waals surface area contributed by atoms with Gasteiger partial charge in [-0.25, -0.2) is 4.68 Å². The number of carbonyl (C=O) groups excluding carboxylic acids is 1. The first kappa shape index (κ1) is 18.2. The second-order valence-electron chi connectivity index (χ2n) is 6.90. The van der Waals surface area contributed by atoms with E-state index in [1.807, 2.05) is 47.7 Å². The lowest BCUT2D eigenvalue weighted by Crippen LogP contribution is -2.47. The summed E-state index contributed by atoms with van der Waals surface area (Å²) in [6.45, 7) is 6.20. The summed E-state index contributed by atoms with van der Waals surface area (Å²) in [7, 11) is 0. The Labute approximate surface area is 163 Å². The quantitative estimate of drug-likeness (QED) is 0.870. The molecular formula is C19H25N5O2S. The van der Waals surface area contributed by atoms with E-state index in [2.05, 4.69) is 15.6 Å². The highest BCUT2D eigenvalue weighted by atomic mass is 32.2. The number of nitrogens with zero attached hydrogens (tertiary/aromatic N) is 4. The summed E-state index contributed by atoms with van der Waals surface area (Å²) >= 11 is 1.50. The molecule has 2 unspecified atom stereocenters. The Hall–Kier alpha value is -2.22. The minimum absolute atomic E-state index is 0.151. The largest absolute Gasteiger partial charge is 0.494 e. The lowest BCUT2D eigenvalue weighted by Gasteiger charge is -2.37. The van der Waals surface area contributed by atoms with Crippen LogP contribution in [-0.4, -0.2) is 50.6 Å². The van der Waals surface area contributed by atoms with Gasteiger partial charge in [0.2, 0.25) is 11.1 Å². The summed E-state index contributed by atoms with van der Waals surface area (Å²) in [5, 5.41) is 8.85.